The van der Waals surface area contributed by atoms with Crippen molar-refractivity contribution in [1.82, 2.24) is 4.90 Å². The molecule has 3 saturated carbocycles. The second-order valence-corrected chi connectivity index (χ2v) is 7.61. The van der Waals surface area contributed by atoms with Crippen molar-refractivity contribution >= 4 is 0 Å². The van der Waals surface area contributed by atoms with Crippen LogP contribution in [-0.4, -0.2) is 24.0 Å². The Balaban J connectivity index is 1.63. The zero-order chi connectivity index (χ0) is 12.1. The molecule has 3 aliphatic carbocycles. The molecule has 0 bridgehead atoms. The molecule has 1 aliphatic heterocycles. The summed E-state index contributed by atoms with van der Waals surface area (Å²) in [5, 5.41) is 0. The van der Waals surface area contributed by atoms with Crippen molar-refractivity contribution in [2.75, 3.05) is 7.05 Å². The van der Waals surface area contributed by atoms with Gasteiger partial charge in [-0.1, -0.05) is 32.1 Å². The number of hydrogen-bond donors (Lipinski definition) is 0. The van der Waals surface area contributed by atoms with E-state index in [1.165, 1.54) is 38.5 Å². The topological polar surface area (TPSA) is 3.24 Å². The first kappa shape index (κ1) is 11.8. The van der Waals surface area contributed by atoms with Gasteiger partial charge in [-0.3, -0.25) is 4.90 Å². The lowest BCUT2D eigenvalue weighted by atomic mass is 9.60. The second-order valence-electron chi connectivity index (χ2n) is 7.61. The molecule has 0 aromatic heterocycles. The molecule has 1 saturated heterocycles. The lowest BCUT2D eigenvalue weighted by Crippen LogP contribution is -2.42. The highest BCUT2D eigenvalue weighted by Crippen LogP contribution is 2.55. The Morgan fingerprint density at radius 3 is 2.28 bits per heavy atom. The minimum atomic E-state index is 0.967. The van der Waals surface area contributed by atoms with E-state index in [4.69, 9.17) is 0 Å². The summed E-state index contributed by atoms with van der Waals surface area (Å²) in [5.41, 5.74) is 0. The molecule has 0 aromatic rings. The van der Waals surface area contributed by atoms with Crippen LogP contribution in [-0.2, 0) is 0 Å². The standard InChI is InChI=1S/C17H29N/c1-18-15-9-5-4-8-14(15)17-13-7-3-2-6-12(13)10-11-16(17)18/h12-17H,2-11H2,1H3. The van der Waals surface area contributed by atoms with Gasteiger partial charge in [0.1, 0.15) is 0 Å². The molecule has 18 heavy (non-hydrogen) atoms. The molecule has 102 valence electrons. The maximum Gasteiger partial charge on any atom is 0.0130 e. The first-order valence-electron chi connectivity index (χ1n) is 8.58. The summed E-state index contributed by atoms with van der Waals surface area (Å²) in [6, 6.07) is 1.94. The van der Waals surface area contributed by atoms with E-state index in [-0.39, 0.29) is 0 Å². The maximum atomic E-state index is 2.83. The Morgan fingerprint density at radius 1 is 0.667 bits per heavy atom. The summed E-state index contributed by atoms with van der Waals surface area (Å²) in [4.78, 5) is 2.83. The van der Waals surface area contributed by atoms with Crippen molar-refractivity contribution in [3.8, 4) is 0 Å². The van der Waals surface area contributed by atoms with E-state index >= 15 is 0 Å². The van der Waals surface area contributed by atoms with Crippen LogP contribution in [0.2, 0.25) is 0 Å². The maximum absolute atomic E-state index is 2.83. The number of nitrogens with zero attached hydrogens (tertiary/aromatic N) is 1. The largest absolute Gasteiger partial charge is 0.300 e. The average Bonchev–Trinajstić information content (AvgIpc) is 2.73. The van der Waals surface area contributed by atoms with Gasteiger partial charge in [0.25, 0.3) is 0 Å². The monoisotopic (exact) mass is 247 g/mol. The van der Waals surface area contributed by atoms with Crippen LogP contribution in [0.25, 0.3) is 0 Å². The van der Waals surface area contributed by atoms with Gasteiger partial charge in [0.05, 0.1) is 0 Å². The molecule has 0 radical (unpaired) electrons. The molecule has 1 heterocycles. The van der Waals surface area contributed by atoms with Crippen LogP contribution in [0.15, 0.2) is 0 Å². The van der Waals surface area contributed by atoms with Gasteiger partial charge in [-0.15, -0.1) is 0 Å². The fourth-order valence-corrected chi connectivity index (χ4v) is 6.38. The highest BCUT2D eigenvalue weighted by atomic mass is 15.2. The zero-order valence-electron chi connectivity index (χ0n) is 12.0. The van der Waals surface area contributed by atoms with E-state index in [0.29, 0.717) is 0 Å². The molecule has 6 unspecified atom stereocenters. The Kier molecular flexibility index (Phi) is 2.94. The van der Waals surface area contributed by atoms with Crippen LogP contribution >= 0.6 is 0 Å². The smallest absolute Gasteiger partial charge is 0.0130 e. The van der Waals surface area contributed by atoms with Crippen LogP contribution in [0.5, 0.6) is 0 Å². The van der Waals surface area contributed by atoms with Gasteiger partial charge >= 0.3 is 0 Å². The molecule has 0 spiro atoms. The first-order valence-corrected chi connectivity index (χ1v) is 8.58. The molecule has 0 amide bonds. The molecular formula is C17H29N. The first-order chi connectivity index (χ1) is 8.86. The van der Waals surface area contributed by atoms with Crippen LogP contribution in [0.3, 0.4) is 0 Å². The fraction of sp³-hybridized carbons (Fsp3) is 1.00. The van der Waals surface area contributed by atoms with Crippen molar-refractivity contribution in [2.45, 2.75) is 76.3 Å². The van der Waals surface area contributed by atoms with Crippen molar-refractivity contribution in [2.24, 2.45) is 23.7 Å². The van der Waals surface area contributed by atoms with Crippen molar-refractivity contribution in [1.29, 1.82) is 0 Å². The lowest BCUT2D eigenvalue weighted by molar-refractivity contribution is 0.0516. The zero-order valence-corrected chi connectivity index (χ0v) is 12.0. The highest BCUT2D eigenvalue weighted by Gasteiger charge is 2.53. The van der Waals surface area contributed by atoms with E-state index in [2.05, 4.69) is 11.9 Å². The van der Waals surface area contributed by atoms with Gasteiger partial charge in [0.2, 0.25) is 0 Å². The Morgan fingerprint density at radius 2 is 1.39 bits per heavy atom. The van der Waals surface area contributed by atoms with Gasteiger partial charge < -0.3 is 0 Å². The molecule has 4 aliphatic rings. The Bertz CT molecular complexity index is 307. The van der Waals surface area contributed by atoms with E-state index in [1.54, 1.807) is 25.7 Å². The number of fused-ring (bicyclic) bond motifs is 5. The number of rotatable bonds is 0. The van der Waals surface area contributed by atoms with Crippen molar-refractivity contribution in [3.63, 3.8) is 0 Å². The summed E-state index contributed by atoms with van der Waals surface area (Å²) in [5.74, 6) is 4.42. The third-order valence-corrected chi connectivity index (χ3v) is 7.06. The van der Waals surface area contributed by atoms with Crippen LogP contribution in [0.1, 0.15) is 64.2 Å². The summed E-state index contributed by atoms with van der Waals surface area (Å²) in [6.07, 6.45) is 15.4. The minimum absolute atomic E-state index is 0.967. The summed E-state index contributed by atoms with van der Waals surface area (Å²) in [6.45, 7) is 0. The minimum Gasteiger partial charge on any atom is -0.300 e. The van der Waals surface area contributed by atoms with Gasteiger partial charge in [-0.25, -0.2) is 0 Å². The van der Waals surface area contributed by atoms with Crippen LogP contribution in [0, 0.1) is 23.7 Å². The second kappa shape index (κ2) is 4.51. The molecule has 4 fully saturated rings. The highest BCUT2D eigenvalue weighted by molar-refractivity contribution is 5.06. The molecule has 4 rings (SSSR count). The Hall–Kier alpha value is -0.0400. The van der Waals surface area contributed by atoms with E-state index in [9.17, 15) is 0 Å². The summed E-state index contributed by atoms with van der Waals surface area (Å²) >= 11 is 0. The third-order valence-electron chi connectivity index (χ3n) is 7.06. The molecule has 1 nitrogen and oxygen atoms in total. The van der Waals surface area contributed by atoms with E-state index < -0.39 is 0 Å². The predicted octanol–water partition coefficient (Wildman–Crippen LogP) is 4.08. The number of hydrogen-bond acceptors (Lipinski definition) is 1. The molecule has 6 atom stereocenters. The van der Waals surface area contributed by atoms with Crippen LogP contribution < -0.4 is 0 Å². The SMILES string of the molecule is CN1C2CCCCC2C2C3CCCCC3CCC21. The Labute approximate surface area is 112 Å². The molecular weight excluding hydrogens is 218 g/mol. The van der Waals surface area contributed by atoms with Crippen molar-refractivity contribution < 1.29 is 0 Å². The molecule has 0 aromatic carbocycles. The third kappa shape index (κ3) is 1.62. The van der Waals surface area contributed by atoms with E-state index in [0.717, 1.165) is 35.8 Å². The fourth-order valence-electron chi connectivity index (χ4n) is 6.38. The normalized spacial score (nSPS) is 52.5. The van der Waals surface area contributed by atoms with Gasteiger partial charge in [0, 0.05) is 12.1 Å². The van der Waals surface area contributed by atoms with Gasteiger partial charge in [-0.05, 0) is 62.8 Å². The summed E-state index contributed by atoms with van der Waals surface area (Å²) in [7, 11) is 2.46. The van der Waals surface area contributed by atoms with Gasteiger partial charge in [-0.2, -0.15) is 0 Å². The molecule has 1 heteroatoms. The lowest BCUT2D eigenvalue weighted by Gasteiger charge is -2.45. The van der Waals surface area contributed by atoms with E-state index in [1.807, 2.05) is 0 Å². The number of likely N-dealkylation sites (tertiary alicyclic amines) is 1. The average molecular weight is 247 g/mol. The van der Waals surface area contributed by atoms with Gasteiger partial charge in [0.15, 0.2) is 0 Å². The predicted molar refractivity (Wildman–Crippen MR) is 75.5 cm³/mol. The quantitative estimate of drug-likeness (QED) is 0.623. The van der Waals surface area contributed by atoms with Crippen molar-refractivity contribution in [3.05, 3.63) is 0 Å². The molecule has 0 N–H and O–H groups in total. The summed E-state index contributed by atoms with van der Waals surface area (Å²) < 4.78 is 0. The van der Waals surface area contributed by atoms with Crippen LogP contribution in [0.4, 0.5) is 0 Å².